The molecule has 0 saturated carbocycles. The zero-order valence-electron chi connectivity index (χ0n) is 21.4. The van der Waals surface area contributed by atoms with Crippen LogP contribution in [0.25, 0.3) is 0 Å². The molecule has 0 amide bonds. The van der Waals surface area contributed by atoms with Gasteiger partial charge in [-0.1, -0.05) is 12.8 Å². The smallest absolute Gasteiger partial charge is 0.162 e. The fourth-order valence-electron chi connectivity index (χ4n) is 4.37. The van der Waals surface area contributed by atoms with Crippen molar-refractivity contribution in [3.05, 3.63) is 58.7 Å². The van der Waals surface area contributed by atoms with Crippen molar-refractivity contribution in [2.75, 3.05) is 41.3 Å². The van der Waals surface area contributed by atoms with Gasteiger partial charge >= 0.3 is 0 Å². The van der Waals surface area contributed by atoms with E-state index in [-0.39, 0.29) is 11.6 Å². The van der Waals surface area contributed by atoms with Gasteiger partial charge in [0.25, 0.3) is 0 Å². The van der Waals surface area contributed by atoms with E-state index in [0.717, 1.165) is 85.4 Å². The van der Waals surface area contributed by atoms with Crippen LogP contribution in [0.3, 0.4) is 0 Å². The number of ketones is 2. The SMILES string of the molecule is CN(C)CCCCCC(=O)c1ccc2c(c1)Cc1cc(C(=O)CCCCCN(C)C)ccc1O2. The first-order valence-corrected chi connectivity index (χ1v) is 12.6. The Morgan fingerprint density at radius 3 is 1.53 bits per heavy atom. The van der Waals surface area contributed by atoms with Crippen molar-refractivity contribution in [1.82, 2.24) is 9.80 Å². The minimum Gasteiger partial charge on any atom is -0.457 e. The number of ether oxygens (including phenoxy) is 1. The number of benzene rings is 2. The number of hydrogen-bond acceptors (Lipinski definition) is 5. The van der Waals surface area contributed by atoms with Crippen molar-refractivity contribution in [2.45, 2.75) is 57.8 Å². The van der Waals surface area contributed by atoms with Gasteiger partial charge in [-0.3, -0.25) is 9.59 Å². The van der Waals surface area contributed by atoms with Gasteiger partial charge in [0.05, 0.1) is 0 Å². The van der Waals surface area contributed by atoms with E-state index < -0.39 is 0 Å². The van der Waals surface area contributed by atoms with Crippen LogP contribution < -0.4 is 4.74 Å². The Bertz CT molecular complexity index is 904. The van der Waals surface area contributed by atoms with E-state index in [4.69, 9.17) is 4.74 Å². The molecule has 2 aromatic rings. The standard InChI is InChI=1S/C29H40N2O3/c1-30(2)17-9-5-7-11-26(32)22-13-15-28-24(19-22)21-25-20-23(14-16-29(25)34-28)27(33)12-8-6-10-18-31(3)4/h13-16,19-20H,5-12,17-18,21H2,1-4H3. The Kier molecular flexibility index (Phi) is 9.85. The zero-order chi connectivity index (χ0) is 24.5. The molecule has 1 aliphatic heterocycles. The molecule has 0 aromatic heterocycles. The number of nitrogens with zero attached hydrogens (tertiary/aromatic N) is 2. The lowest BCUT2D eigenvalue weighted by Crippen LogP contribution is -2.12. The molecule has 0 radical (unpaired) electrons. The summed E-state index contributed by atoms with van der Waals surface area (Å²) in [5.41, 5.74) is 3.53. The fraction of sp³-hybridized carbons (Fsp3) is 0.517. The monoisotopic (exact) mass is 464 g/mol. The largest absolute Gasteiger partial charge is 0.457 e. The first kappa shape index (κ1) is 26.1. The third-order valence-corrected chi connectivity index (χ3v) is 6.38. The number of carbonyl (C=O) groups is 2. The molecule has 34 heavy (non-hydrogen) atoms. The van der Waals surface area contributed by atoms with Gasteiger partial charge in [0, 0.05) is 41.5 Å². The lowest BCUT2D eigenvalue weighted by Gasteiger charge is -2.21. The molecule has 5 heteroatoms. The summed E-state index contributed by atoms with van der Waals surface area (Å²) in [5, 5.41) is 0. The number of unbranched alkanes of at least 4 members (excludes halogenated alkanes) is 4. The maximum absolute atomic E-state index is 12.7. The number of hydrogen-bond donors (Lipinski definition) is 0. The van der Waals surface area contributed by atoms with Crippen LogP contribution in [0.2, 0.25) is 0 Å². The highest BCUT2D eigenvalue weighted by molar-refractivity contribution is 5.97. The predicted octanol–water partition coefficient (Wildman–Crippen LogP) is 5.99. The van der Waals surface area contributed by atoms with Crippen molar-refractivity contribution in [2.24, 2.45) is 0 Å². The molecule has 0 atom stereocenters. The van der Waals surface area contributed by atoms with E-state index in [1.807, 2.05) is 36.4 Å². The summed E-state index contributed by atoms with van der Waals surface area (Å²) >= 11 is 0. The first-order chi connectivity index (χ1) is 16.3. The molecule has 0 spiro atoms. The van der Waals surface area contributed by atoms with E-state index in [1.165, 1.54) is 0 Å². The van der Waals surface area contributed by atoms with E-state index in [9.17, 15) is 9.59 Å². The molecular weight excluding hydrogens is 424 g/mol. The van der Waals surface area contributed by atoms with Gasteiger partial charge in [-0.2, -0.15) is 0 Å². The van der Waals surface area contributed by atoms with Crippen LogP contribution in [-0.4, -0.2) is 62.6 Å². The van der Waals surface area contributed by atoms with Crippen LogP contribution in [0.1, 0.15) is 83.2 Å². The molecule has 0 unspecified atom stereocenters. The molecule has 3 rings (SSSR count). The Hall–Kier alpha value is -2.50. The minimum atomic E-state index is 0.191. The van der Waals surface area contributed by atoms with Crippen molar-refractivity contribution >= 4 is 11.6 Å². The van der Waals surface area contributed by atoms with Gasteiger partial charge < -0.3 is 14.5 Å². The molecule has 0 bridgehead atoms. The van der Waals surface area contributed by atoms with Gasteiger partial charge in [0.15, 0.2) is 11.6 Å². The van der Waals surface area contributed by atoms with Crippen LogP contribution >= 0.6 is 0 Å². The Labute approximate surface area is 205 Å². The number of carbonyl (C=O) groups excluding carboxylic acids is 2. The van der Waals surface area contributed by atoms with Crippen LogP contribution in [0.15, 0.2) is 36.4 Å². The molecular formula is C29H40N2O3. The summed E-state index contributed by atoms with van der Waals surface area (Å²) in [4.78, 5) is 29.8. The normalized spacial score (nSPS) is 12.4. The van der Waals surface area contributed by atoms with Gasteiger partial charge in [-0.05, 0) is 103 Å². The molecule has 1 heterocycles. The van der Waals surface area contributed by atoms with Crippen LogP contribution in [0.5, 0.6) is 11.5 Å². The number of fused-ring (bicyclic) bond motifs is 2. The number of rotatable bonds is 14. The second kappa shape index (κ2) is 12.8. The molecule has 2 aromatic carbocycles. The van der Waals surface area contributed by atoms with Crippen molar-refractivity contribution in [3.63, 3.8) is 0 Å². The molecule has 0 saturated heterocycles. The van der Waals surface area contributed by atoms with E-state index in [1.54, 1.807) is 0 Å². The van der Waals surface area contributed by atoms with Crippen LogP contribution in [0.4, 0.5) is 0 Å². The third-order valence-electron chi connectivity index (χ3n) is 6.38. The molecule has 5 nitrogen and oxygen atoms in total. The lowest BCUT2D eigenvalue weighted by molar-refractivity contribution is 0.0971. The van der Waals surface area contributed by atoms with Gasteiger partial charge in [0.1, 0.15) is 11.5 Å². The highest BCUT2D eigenvalue weighted by atomic mass is 16.5. The zero-order valence-corrected chi connectivity index (χ0v) is 21.4. The van der Waals surface area contributed by atoms with Crippen LogP contribution in [0, 0.1) is 0 Å². The second-order valence-electron chi connectivity index (χ2n) is 10.00. The summed E-state index contributed by atoms with van der Waals surface area (Å²) in [6.45, 7) is 2.12. The number of Topliss-reactive ketones (excluding diaryl/α,β-unsaturated/α-hetero) is 2. The van der Waals surface area contributed by atoms with Crippen LogP contribution in [-0.2, 0) is 6.42 Å². The van der Waals surface area contributed by atoms with Crippen molar-refractivity contribution < 1.29 is 14.3 Å². The lowest BCUT2D eigenvalue weighted by atomic mass is 9.94. The van der Waals surface area contributed by atoms with E-state index >= 15 is 0 Å². The quantitative estimate of drug-likeness (QED) is 0.217. The second-order valence-corrected chi connectivity index (χ2v) is 10.00. The maximum Gasteiger partial charge on any atom is 0.162 e. The van der Waals surface area contributed by atoms with Gasteiger partial charge in [-0.15, -0.1) is 0 Å². The third kappa shape index (κ3) is 7.78. The summed E-state index contributed by atoms with van der Waals surface area (Å²) in [6.07, 6.45) is 8.05. The highest BCUT2D eigenvalue weighted by Gasteiger charge is 2.20. The Balaban J connectivity index is 1.56. The van der Waals surface area contributed by atoms with E-state index in [2.05, 4.69) is 38.0 Å². The fourth-order valence-corrected chi connectivity index (χ4v) is 4.37. The Morgan fingerprint density at radius 1 is 0.676 bits per heavy atom. The topological polar surface area (TPSA) is 49.9 Å². The minimum absolute atomic E-state index is 0.191. The molecule has 0 aliphatic carbocycles. The average Bonchev–Trinajstić information content (AvgIpc) is 2.80. The first-order valence-electron chi connectivity index (χ1n) is 12.6. The molecule has 0 fully saturated rings. The Morgan fingerprint density at radius 2 is 1.12 bits per heavy atom. The predicted molar refractivity (Wildman–Crippen MR) is 138 cm³/mol. The summed E-state index contributed by atoms with van der Waals surface area (Å²) in [5.74, 6) is 1.98. The maximum atomic E-state index is 12.7. The summed E-state index contributed by atoms with van der Waals surface area (Å²) in [6, 6.07) is 11.5. The summed E-state index contributed by atoms with van der Waals surface area (Å²) < 4.78 is 6.09. The van der Waals surface area contributed by atoms with Gasteiger partial charge in [0.2, 0.25) is 0 Å². The molecule has 184 valence electrons. The highest BCUT2D eigenvalue weighted by Crippen LogP contribution is 2.37. The molecule has 0 N–H and O–H groups in total. The average molecular weight is 465 g/mol. The van der Waals surface area contributed by atoms with Crippen molar-refractivity contribution in [3.8, 4) is 11.5 Å². The summed E-state index contributed by atoms with van der Waals surface area (Å²) in [7, 11) is 8.30. The van der Waals surface area contributed by atoms with Gasteiger partial charge in [-0.25, -0.2) is 0 Å². The van der Waals surface area contributed by atoms with Crippen molar-refractivity contribution in [1.29, 1.82) is 0 Å². The van der Waals surface area contributed by atoms with E-state index in [0.29, 0.717) is 19.3 Å². The molecule has 1 aliphatic rings.